The molecule has 0 saturated heterocycles. The van der Waals surface area contributed by atoms with Gasteiger partial charge < -0.3 is 5.32 Å². The van der Waals surface area contributed by atoms with Crippen LogP contribution in [0.3, 0.4) is 0 Å². The normalized spacial score (nSPS) is 12.4. The highest BCUT2D eigenvalue weighted by molar-refractivity contribution is 5.77. The molecule has 0 aliphatic rings. The molecule has 0 atom stereocenters. The lowest BCUT2D eigenvalue weighted by Gasteiger charge is -1.98. The molecule has 0 aliphatic carbocycles. The van der Waals surface area contributed by atoms with Gasteiger partial charge in [-0.25, -0.2) is 0 Å². The van der Waals surface area contributed by atoms with Crippen LogP contribution in [0.1, 0.15) is 27.2 Å². The second kappa shape index (κ2) is 7.74. The molecule has 0 amide bonds. The molecule has 0 aromatic carbocycles. The van der Waals surface area contributed by atoms with Crippen molar-refractivity contribution in [2.45, 2.75) is 27.2 Å². The van der Waals surface area contributed by atoms with Gasteiger partial charge in [-0.1, -0.05) is 20.4 Å². The van der Waals surface area contributed by atoms with Gasteiger partial charge in [0.2, 0.25) is 0 Å². The Kier molecular flexibility index (Phi) is 7.21. The number of hydrogen-bond donors (Lipinski definition) is 1. The second-order valence-corrected chi connectivity index (χ2v) is 3.05. The summed E-state index contributed by atoms with van der Waals surface area (Å²) in [5, 5.41) is 3.24. The number of aliphatic imine (C=N–C) groups is 1. The lowest BCUT2D eigenvalue weighted by molar-refractivity contribution is 0.774. The van der Waals surface area contributed by atoms with Crippen molar-refractivity contribution in [1.82, 2.24) is 5.32 Å². The SMILES string of the molecule is C=C(C=N/C=C(/C)CNCC)CC. The van der Waals surface area contributed by atoms with Crippen LogP contribution in [-0.2, 0) is 0 Å². The predicted octanol–water partition coefficient (Wildman–Crippen LogP) is 2.54. The fourth-order valence-corrected chi connectivity index (χ4v) is 0.729. The largest absolute Gasteiger partial charge is 0.313 e. The van der Waals surface area contributed by atoms with Crippen molar-refractivity contribution in [3.8, 4) is 0 Å². The van der Waals surface area contributed by atoms with E-state index in [1.165, 1.54) is 5.57 Å². The molecule has 0 unspecified atom stereocenters. The molecule has 13 heavy (non-hydrogen) atoms. The van der Waals surface area contributed by atoms with Gasteiger partial charge in [-0.15, -0.1) is 0 Å². The van der Waals surface area contributed by atoms with Gasteiger partial charge in [0.1, 0.15) is 0 Å². The zero-order valence-electron chi connectivity index (χ0n) is 8.93. The van der Waals surface area contributed by atoms with E-state index < -0.39 is 0 Å². The van der Waals surface area contributed by atoms with Crippen molar-refractivity contribution in [3.63, 3.8) is 0 Å². The topological polar surface area (TPSA) is 24.4 Å². The Bertz CT molecular complexity index is 202. The fraction of sp³-hybridized carbons (Fsp3) is 0.545. The first-order valence-electron chi connectivity index (χ1n) is 4.78. The first-order valence-corrected chi connectivity index (χ1v) is 4.78. The minimum absolute atomic E-state index is 0.909. The third-order valence-corrected chi connectivity index (χ3v) is 1.66. The molecule has 0 rings (SSSR count). The lowest BCUT2D eigenvalue weighted by Crippen LogP contribution is -2.14. The smallest absolute Gasteiger partial charge is 0.0293 e. The van der Waals surface area contributed by atoms with Crippen LogP contribution >= 0.6 is 0 Å². The summed E-state index contributed by atoms with van der Waals surface area (Å²) in [6.07, 6.45) is 4.66. The van der Waals surface area contributed by atoms with Crippen LogP contribution in [0.25, 0.3) is 0 Å². The van der Waals surface area contributed by atoms with Crippen LogP contribution in [0.4, 0.5) is 0 Å². The van der Waals surface area contributed by atoms with Crippen LogP contribution in [-0.4, -0.2) is 19.3 Å². The van der Waals surface area contributed by atoms with E-state index in [1.807, 2.05) is 12.4 Å². The van der Waals surface area contributed by atoms with Crippen LogP contribution < -0.4 is 5.32 Å². The molecule has 0 bridgehead atoms. The number of likely N-dealkylation sites (N-methyl/N-ethyl adjacent to an activating group) is 1. The van der Waals surface area contributed by atoms with Gasteiger partial charge in [0, 0.05) is 19.0 Å². The molecular formula is C11H20N2. The summed E-state index contributed by atoms with van der Waals surface area (Å²) in [5.74, 6) is 0. The molecule has 2 nitrogen and oxygen atoms in total. The van der Waals surface area contributed by atoms with E-state index in [-0.39, 0.29) is 0 Å². The van der Waals surface area contributed by atoms with E-state index in [9.17, 15) is 0 Å². The fourth-order valence-electron chi connectivity index (χ4n) is 0.729. The van der Waals surface area contributed by atoms with E-state index >= 15 is 0 Å². The minimum atomic E-state index is 0.909. The van der Waals surface area contributed by atoms with E-state index in [0.29, 0.717) is 0 Å². The van der Waals surface area contributed by atoms with Crippen molar-refractivity contribution in [3.05, 3.63) is 23.9 Å². The Labute approximate surface area is 81.5 Å². The molecule has 0 aromatic heterocycles. The van der Waals surface area contributed by atoms with Crippen molar-refractivity contribution in [1.29, 1.82) is 0 Å². The number of allylic oxidation sites excluding steroid dienone is 1. The second-order valence-electron chi connectivity index (χ2n) is 3.05. The monoisotopic (exact) mass is 180 g/mol. The van der Waals surface area contributed by atoms with E-state index in [2.05, 4.69) is 37.7 Å². The number of hydrogen-bond acceptors (Lipinski definition) is 2. The van der Waals surface area contributed by atoms with Crippen molar-refractivity contribution in [2.24, 2.45) is 4.99 Å². The first kappa shape index (κ1) is 12.1. The quantitative estimate of drug-likeness (QED) is 0.624. The number of rotatable bonds is 6. The highest BCUT2D eigenvalue weighted by atomic mass is 14.8. The van der Waals surface area contributed by atoms with Gasteiger partial charge in [0.25, 0.3) is 0 Å². The highest BCUT2D eigenvalue weighted by Gasteiger charge is 1.85. The van der Waals surface area contributed by atoms with E-state index in [0.717, 1.165) is 25.1 Å². The number of nitrogens with zero attached hydrogens (tertiary/aromatic N) is 1. The van der Waals surface area contributed by atoms with Crippen molar-refractivity contribution in [2.75, 3.05) is 13.1 Å². The molecule has 0 aromatic rings. The lowest BCUT2D eigenvalue weighted by atomic mass is 10.2. The third kappa shape index (κ3) is 7.47. The molecule has 2 heteroatoms. The van der Waals surface area contributed by atoms with Crippen LogP contribution in [0.15, 0.2) is 28.9 Å². The van der Waals surface area contributed by atoms with Crippen LogP contribution in [0.5, 0.6) is 0 Å². The zero-order chi connectivity index (χ0) is 10.1. The average Bonchev–Trinajstić information content (AvgIpc) is 2.14. The molecule has 0 fully saturated rings. The molecule has 74 valence electrons. The standard InChI is InChI=1S/C11H20N2/c1-5-10(3)7-13-9-11(4)8-12-6-2/h7,9,12H,3,5-6,8H2,1-2,4H3/b11-9-,13-7?. The molecular weight excluding hydrogens is 160 g/mol. The third-order valence-electron chi connectivity index (χ3n) is 1.66. The summed E-state index contributed by atoms with van der Waals surface area (Å²) in [4.78, 5) is 4.17. The van der Waals surface area contributed by atoms with Gasteiger partial charge in [-0.2, -0.15) is 0 Å². The van der Waals surface area contributed by atoms with Crippen molar-refractivity contribution < 1.29 is 0 Å². The van der Waals surface area contributed by atoms with Crippen molar-refractivity contribution >= 4 is 6.21 Å². The summed E-state index contributed by atoms with van der Waals surface area (Å²) < 4.78 is 0. The maximum atomic E-state index is 4.17. The van der Waals surface area contributed by atoms with Gasteiger partial charge in [-0.05, 0) is 31.0 Å². The molecule has 0 radical (unpaired) electrons. The Hall–Kier alpha value is -0.890. The first-order chi connectivity index (χ1) is 6.20. The van der Waals surface area contributed by atoms with Crippen LogP contribution in [0, 0.1) is 0 Å². The Morgan fingerprint density at radius 3 is 2.69 bits per heavy atom. The van der Waals surface area contributed by atoms with Gasteiger partial charge >= 0.3 is 0 Å². The Morgan fingerprint density at radius 1 is 1.46 bits per heavy atom. The van der Waals surface area contributed by atoms with Crippen LogP contribution in [0.2, 0.25) is 0 Å². The predicted molar refractivity (Wildman–Crippen MR) is 60.2 cm³/mol. The maximum absolute atomic E-state index is 4.17. The summed E-state index contributed by atoms with van der Waals surface area (Å²) in [7, 11) is 0. The Balaban J connectivity index is 3.81. The minimum Gasteiger partial charge on any atom is -0.313 e. The van der Waals surface area contributed by atoms with Gasteiger partial charge in [0.05, 0.1) is 0 Å². The molecule has 0 heterocycles. The van der Waals surface area contributed by atoms with E-state index in [4.69, 9.17) is 0 Å². The molecule has 0 aliphatic heterocycles. The van der Waals surface area contributed by atoms with Gasteiger partial charge in [-0.3, -0.25) is 4.99 Å². The maximum Gasteiger partial charge on any atom is 0.0293 e. The number of nitrogens with one attached hydrogen (secondary N) is 1. The summed E-state index contributed by atoms with van der Waals surface area (Å²) in [6, 6.07) is 0. The molecule has 0 spiro atoms. The summed E-state index contributed by atoms with van der Waals surface area (Å²) in [5.41, 5.74) is 2.30. The zero-order valence-corrected chi connectivity index (χ0v) is 8.93. The molecule has 1 N–H and O–H groups in total. The molecule has 0 saturated carbocycles. The van der Waals surface area contributed by atoms with Gasteiger partial charge in [0.15, 0.2) is 0 Å². The summed E-state index contributed by atoms with van der Waals surface area (Å²) >= 11 is 0. The van der Waals surface area contributed by atoms with E-state index in [1.54, 1.807) is 0 Å². The average molecular weight is 180 g/mol. The summed E-state index contributed by atoms with van der Waals surface area (Å²) in [6.45, 7) is 12.0. The highest BCUT2D eigenvalue weighted by Crippen LogP contribution is 1.94. The Morgan fingerprint density at radius 2 is 2.15 bits per heavy atom.